The van der Waals surface area contributed by atoms with E-state index in [1.54, 1.807) is 0 Å². The molecule has 0 aromatic rings. The van der Waals surface area contributed by atoms with Gasteiger partial charge < -0.3 is 23.2 Å². The fraction of sp³-hybridized carbons (Fsp3) is 1.00. The smallest absolute Gasteiger partial charge is 0.268 e. The van der Waals surface area contributed by atoms with Crippen LogP contribution in [0.2, 0.25) is 0 Å². The van der Waals surface area contributed by atoms with Gasteiger partial charge >= 0.3 is 0 Å². The van der Waals surface area contributed by atoms with Crippen LogP contribution in [-0.2, 0) is 32.7 Å². The zero-order chi connectivity index (χ0) is 28.8. The largest absolute Gasteiger partial charge is 0.756 e. The lowest BCUT2D eigenvalue weighted by molar-refractivity contribution is -0.870. The van der Waals surface area contributed by atoms with Crippen molar-refractivity contribution >= 4 is 17.9 Å². The van der Waals surface area contributed by atoms with Gasteiger partial charge in [-0.15, -0.1) is 0 Å². The lowest BCUT2D eigenvalue weighted by Crippen LogP contribution is -2.37. The molecule has 0 aliphatic carbocycles. The molecule has 0 N–H and O–H groups in total. The molecule has 0 bridgehead atoms. The van der Waals surface area contributed by atoms with Gasteiger partial charge in [0.15, 0.2) is 0 Å². The Balaban J connectivity index is 3.83. The Labute approximate surface area is 234 Å². The lowest BCUT2D eigenvalue weighted by atomic mass is 10.0. The van der Waals surface area contributed by atoms with E-state index in [1.807, 2.05) is 21.1 Å². The Morgan fingerprint density at radius 3 is 1.58 bits per heavy atom. The topological polar surface area (TPSA) is 111 Å². The molecule has 0 saturated heterocycles. The van der Waals surface area contributed by atoms with Crippen molar-refractivity contribution in [1.82, 2.24) is 0 Å². The highest BCUT2D eigenvalue weighted by atomic mass is 32.2. The molecule has 0 radical (unpaired) electrons. The molecular formula is C27H58NO8PS. The van der Waals surface area contributed by atoms with E-state index in [0.717, 1.165) is 25.5 Å². The summed E-state index contributed by atoms with van der Waals surface area (Å²) < 4.78 is 55.7. The monoisotopic (exact) mass is 587 g/mol. The minimum atomic E-state index is -4.57. The molecule has 2 atom stereocenters. The minimum absolute atomic E-state index is 0.0301. The van der Waals surface area contributed by atoms with Crippen LogP contribution in [0.5, 0.6) is 0 Å². The molecule has 0 amide bonds. The van der Waals surface area contributed by atoms with Crippen molar-refractivity contribution in [2.75, 3.05) is 60.4 Å². The summed E-state index contributed by atoms with van der Waals surface area (Å²) >= 11 is 0. The van der Waals surface area contributed by atoms with Crippen molar-refractivity contribution in [3.63, 3.8) is 0 Å². The van der Waals surface area contributed by atoms with E-state index in [-0.39, 0.29) is 13.2 Å². The van der Waals surface area contributed by atoms with Gasteiger partial charge in [0.05, 0.1) is 40.6 Å². The number of ether oxygens (including phenoxy) is 1. The highest BCUT2D eigenvalue weighted by Gasteiger charge is 2.21. The van der Waals surface area contributed by atoms with E-state index in [1.165, 1.54) is 83.5 Å². The second-order valence-corrected chi connectivity index (χ2v) is 14.4. The Morgan fingerprint density at radius 2 is 1.16 bits per heavy atom. The number of nitrogens with zero attached hydrogens (tertiary/aromatic N) is 1. The summed E-state index contributed by atoms with van der Waals surface area (Å²) in [6.07, 6.45) is 20.4. The predicted molar refractivity (Wildman–Crippen MR) is 152 cm³/mol. The molecule has 38 heavy (non-hydrogen) atoms. The van der Waals surface area contributed by atoms with Gasteiger partial charge in [-0.2, -0.15) is 8.42 Å². The Bertz CT molecular complexity index is 700. The van der Waals surface area contributed by atoms with Gasteiger partial charge in [-0.25, -0.2) is 0 Å². The van der Waals surface area contributed by atoms with Gasteiger partial charge in [0.2, 0.25) is 0 Å². The maximum Gasteiger partial charge on any atom is 0.268 e. The number of rotatable bonds is 28. The van der Waals surface area contributed by atoms with Crippen LogP contribution in [-0.4, -0.2) is 79.4 Å². The van der Waals surface area contributed by atoms with Gasteiger partial charge in [-0.3, -0.25) is 8.75 Å². The maximum atomic E-state index is 12.0. The van der Waals surface area contributed by atoms with Crippen molar-refractivity contribution in [2.45, 2.75) is 116 Å². The average Bonchev–Trinajstić information content (AvgIpc) is 2.80. The summed E-state index contributed by atoms with van der Waals surface area (Å²) in [6, 6.07) is 0. The lowest BCUT2D eigenvalue weighted by Gasteiger charge is -2.28. The molecule has 0 saturated carbocycles. The van der Waals surface area contributed by atoms with Crippen molar-refractivity contribution in [1.29, 1.82) is 0 Å². The molecule has 0 heterocycles. The van der Waals surface area contributed by atoms with Crippen LogP contribution in [0.4, 0.5) is 0 Å². The number of hydrogen-bond acceptors (Lipinski definition) is 8. The first-order chi connectivity index (χ1) is 17.8. The molecule has 0 spiro atoms. The summed E-state index contributed by atoms with van der Waals surface area (Å²) in [4.78, 5) is 12.0. The van der Waals surface area contributed by atoms with E-state index in [4.69, 9.17) is 18.0 Å². The molecule has 0 fully saturated rings. The van der Waals surface area contributed by atoms with E-state index in [9.17, 15) is 17.9 Å². The number of likely N-dealkylation sites (N-methyl/N-ethyl adjacent to an activating group) is 1. The van der Waals surface area contributed by atoms with Crippen molar-refractivity contribution in [3.8, 4) is 0 Å². The fourth-order valence-electron chi connectivity index (χ4n) is 3.96. The van der Waals surface area contributed by atoms with Gasteiger partial charge in [0, 0.05) is 6.61 Å². The van der Waals surface area contributed by atoms with Crippen LogP contribution in [0.3, 0.4) is 0 Å². The summed E-state index contributed by atoms with van der Waals surface area (Å²) in [7, 11) is -2.64. The average molecular weight is 588 g/mol. The van der Waals surface area contributed by atoms with Gasteiger partial charge in [0.1, 0.15) is 19.3 Å². The van der Waals surface area contributed by atoms with Gasteiger partial charge in [-0.1, -0.05) is 103 Å². The Kier molecular flexibility index (Phi) is 22.6. The zero-order valence-corrected chi connectivity index (χ0v) is 26.7. The quantitative estimate of drug-likeness (QED) is 0.0488. The Hall–Kier alpha value is -0.0600. The summed E-state index contributed by atoms with van der Waals surface area (Å²) in [6.45, 7) is 2.59. The van der Waals surface area contributed by atoms with Crippen LogP contribution in [0.25, 0.3) is 0 Å². The van der Waals surface area contributed by atoms with E-state index < -0.39 is 30.7 Å². The first-order valence-corrected chi connectivity index (χ1v) is 18.0. The second-order valence-electron chi connectivity index (χ2n) is 11.4. The van der Waals surface area contributed by atoms with Crippen LogP contribution < -0.4 is 4.89 Å². The fourth-order valence-corrected chi connectivity index (χ4v) is 5.29. The number of hydrogen-bond donors (Lipinski definition) is 0. The number of unbranched alkanes of at least 4 members (excludes halogenated alkanes) is 15. The van der Waals surface area contributed by atoms with Gasteiger partial charge in [-0.05, 0) is 6.42 Å². The second kappa shape index (κ2) is 22.6. The molecule has 11 heteroatoms. The molecule has 0 aromatic carbocycles. The molecule has 9 nitrogen and oxygen atoms in total. The zero-order valence-electron chi connectivity index (χ0n) is 25.0. The normalized spacial score (nSPS) is 15.0. The molecular weight excluding hydrogens is 529 g/mol. The highest BCUT2D eigenvalue weighted by Crippen LogP contribution is 2.38. The van der Waals surface area contributed by atoms with Crippen LogP contribution >= 0.6 is 7.82 Å². The summed E-state index contributed by atoms with van der Waals surface area (Å²) in [5, 5.41) is 0. The number of quaternary nitrogens is 1. The highest BCUT2D eigenvalue weighted by molar-refractivity contribution is 7.86. The predicted octanol–water partition coefficient (Wildman–Crippen LogP) is 5.82. The summed E-state index contributed by atoms with van der Waals surface area (Å²) in [5.74, 6) is 0. The Morgan fingerprint density at radius 1 is 0.711 bits per heavy atom. The number of phosphoric ester groups is 1. The number of phosphoric acid groups is 1. The standard InChI is InChI=1S/C27H58NO8PS/c1-6-7-8-9-10-11-12-13-14-15-16-17-18-19-20-21-23-33-25-27(36-38(5,31)32)26-35-37(29,30)34-24-22-28(2,3)4/h27H,6-26H2,1-5H3. The van der Waals surface area contributed by atoms with Gasteiger partial charge in [0.25, 0.3) is 17.9 Å². The van der Waals surface area contributed by atoms with E-state index in [2.05, 4.69) is 6.92 Å². The SMILES string of the molecule is CCCCCCCCCCCCCCCCCCOCC(COP(=O)([O-])OCC[N+](C)(C)C)OS(C)(=O)=O. The summed E-state index contributed by atoms with van der Waals surface area (Å²) in [5.41, 5.74) is 0. The third-order valence-electron chi connectivity index (χ3n) is 6.19. The first-order valence-electron chi connectivity index (χ1n) is 14.7. The van der Waals surface area contributed by atoms with E-state index >= 15 is 0 Å². The first kappa shape index (κ1) is 37.9. The molecule has 0 aliphatic rings. The molecule has 0 aromatic heterocycles. The maximum absolute atomic E-state index is 12.0. The van der Waals surface area contributed by atoms with Crippen molar-refractivity contribution < 1.29 is 40.3 Å². The third-order valence-corrected chi connectivity index (χ3v) is 7.77. The molecule has 0 rings (SSSR count). The van der Waals surface area contributed by atoms with Crippen LogP contribution in [0.15, 0.2) is 0 Å². The van der Waals surface area contributed by atoms with E-state index in [0.29, 0.717) is 17.6 Å². The molecule has 0 aliphatic heterocycles. The molecule has 230 valence electrons. The van der Waals surface area contributed by atoms with Crippen LogP contribution in [0, 0.1) is 0 Å². The third kappa shape index (κ3) is 28.9. The van der Waals surface area contributed by atoms with Crippen LogP contribution in [0.1, 0.15) is 110 Å². The van der Waals surface area contributed by atoms with Crippen molar-refractivity contribution in [3.05, 3.63) is 0 Å². The molecule has 2 unspecified atom stereocenters. The van der Waals surface area contributed by atoms with Crippen molar-refractivity contribution in [2.24, 2.45) is 0 Å². The minimum Gasteiger partial charge on any atom is -0.756 e.